The first kappa shape index (κ1) is 20.8. The number of fused-ring (bicyclic) bond motifs is 1. The molecule has 0 aliphatic carbocycles. The summed E-state index contributed by atoms with van der Waals surface area (Å²) in [5.74, 6) is 0.752. The Kier molecular flexibility index (Phi) is 6.44. The molecular weight excluding hydrogens is 434 g/mol. The van der Waals surface area contributed by atoms with Crippen molar-refractivity contribution in [1.29, 1.82) is 0 Å². The van der Waals surface area contributed by atoms with Crippen molar-refractivity contribution in [2.75, 3.05) is 11.1 Å². The first-order chi connectivity index (χ1) is 15.1. The van der Waals surface area contributed by atoms with Crippen molar-refractivity contribution in [3.05, 3.63) is 88.5 Å². The molecule has 31 heavy (non-hydrogen) atoms. The summed E-state index contributed by atoms with van der Waals surface area (Å²) < 4.78 is 7.16. The SMILES string of the molecule is O=C(CSc1nc2ccc([N+](=O)[O-])cc2s1)Nc1ccc(OCc2ccccc2)cc1. The lowest BCUT2D eigenvalue weighted by Gasteiger charge is -2.08. The lowest BCUT2D eigenvalue weighted by molar-refractivity contribution is -0.384. The molecule has 0 saturated carbocycles. The molecule has 1 N–H and O–H groups in total. The van der Waals surface area contributed by atoms with E-state index in [2.05, 4.69) is 10.3 Å². The van der Waals surface area contributed by atoms with Gasteiger partial charge in [-0.25, -0.2) is 4.98 Å². The summed E-state index contributed by atoms with van der Waals surface area (Å²) >= 11 is 2.63. The smallest absolute Gasteiger partial charge is 0.270 e. The van der Waals surface area contributed by atoms with E-state index in [-0.39, 0.29) is 17.3 Å². The van der Waals surface area contributed by atoms with Crippen molar-refractivity contribution in [1.82, 2.24) is 4.98 Å². The lowest BCUT2D eigenvalue weighted by Crippen LogP contribution is -2.13. The first-order valence-electron chi connectivity index (χ1n) is 9.31. The Labute approximate surface area is 186 Å². The first-order valence-corrected chi connectivity index (χ1v) is 11.1. The van der Waals surface area contributed by atoms with E-state index in [1.165, 1.54) is 35.2 Å². The number of nitrogens with zero attached hydrogens (tertiary/aromatic N) is 2. The summed E-state index contributed by atoms with van der Waals surface area (Å²) in [6.07, 6.45) is 0. The highest BCUT2D eigenvalue weighted by Crippen LogP contribution is 2.31. The minimum atomic E-state index is -0.433. The number of benzene rings is 3. The molecule has 9 heteroatoms. The number of non-ortho nitro benzene ring substituents is 1. The van der Waals surface area contributed by atoms with Crippen LogP contribution in [0.2, 0.25) is 0 Å². The number of hydrogen-bond donors (Lipinski definition) is 1. The largest absolute Gasteiger partial charge is 0.489 e. The Bertz CT molecular complexity index is 1210. The van der Waals surface area contributed by atoms with Crippen LogP contribution in [0.15, 0.2) is 77.1 Å². The van der Waals surface area contributed by atoms with E-state index >= 15 is 0 Å². The Morgan fingerprint density at radius 3 is 2.61 bits per heavy atom. The predicted molar refractivity (Wildman–Crippen MR) is 123 cm³/mol. The molecule has 7 nitrogen and oxygen atoms in total. The maximum absolute atomic E-state index is 12.3. The van der Waals surface area contributed by atoms with E-state index in [0.717, 1.165) is 16.0 Å². The van der Waals surface area contributed by atoms with Crippen molar-refractivity contribution >= 4 is 50.6 Å². The minimum absolute atomic E-state index is 0.0293. The van der Waals surface area contributed by atoms with Crippen LogP contribution in [0.5, 0.6) is 5.75 Å². The molecule has 1 amide bonds. The van der Waals surface area contributed by atoms with Crippen LogP contribution in [0.25, 0.3) is 10.2 Å². The summed E-state index contributed by atoms with van der Waals surface area (Å²) in [7, 11) is 0. The number of ether oxygens (including phenoxy) is 1. The summed E-state index contributed by atoms with van der Waals surface area (Å²) in [5, 5.41) is 13.7. The predicted octanol–water partition coefficient (Wildman–Crippen LogP) is 5.51. The van der Waals surface area contributed by atoms with Crippen LogP contribution in [-0.4, -0.2) is 21.6 Å². The van der Waals surface area contributed by atoms with Crippen LogP contribution >= 0.6 is 23.1 Å². The molecular formula is C22H17N3O4S2. The third-order valence-corrected chi connectivity index (χ3v) is 6.44. The molecule has 4 aromatic rings. The van der Waals surface area contributed by atoms with Crippen molar-refractivity contribution in [3.63, 3.8) is 0 Å². The van der Waals surface area contributed by atoms with Gasteiger partial charge in [0.2, 0.25) is 5.91 Å². The van der Waals surface area contributed by atoms with E-state index in [1.807, 2.05) is 42.5 Å². The Morgan fingerprint density at radius 1 is 1.10 bits per heavy atom. The second kappa shape index (κ2) is 9.59. The van der Waals surface area contributed by atoms with Gasteiger partial charge in [0.05, 0.1) is 20.9 Å². The van der Waals surface area contributed by atoms with Crippen LogP contribution in [0.4, 0.5) is 11.4 Å². The molecule has 0 aliphatic rings. The highest BCUT2D eigenvalue weighted by molar-refractivity contribution is 8.01. The number of thioether (sulfide) groups is 1. The average Bonchev–Trinajstić information content (AvgIpc) is 3.20. The number of nitrogens with one attached hydrogen (secondary N) is 1. The van der Waals surface area contributed by atoms with E-state index in [4.69, 9.17) is 4.74 Å². The highest BCUT2D eigenvalue weighted by Gasteiger charge is 2.12. The molecule has 0 atom stereocenters. The molecule has 1 aromatic heterocycles. The van der Waals surface area contributed by atoms with Crippen molar-refractivity contribution in [2.24, 2.45) is 0 Å². The lowest BCUT2D eigenvalue weighted by atomic mass is 10.2. The zero-order valence-electron chi connectivity index (χ0n) is 16.2. The summed E-state index contributed by atoms with van der Waals surface area (Å²) in [5.41, 5.74) is 2.48. The molecule has 4 rings (SSSR count). The van der Waals surface area contributed by atoms with Crippen LogP contribution < -0.4 is 10.1 Å². The van der Waals surface area contributed by atoms with E-state index in [1.54, 1.807) is 18.2 Å². The molecule has 0 unspecified atom stereocenters. The highest BCUT2D eigenvalue weighted by atomic mass is 32.2. The van der Waals surface area contributed by atoms with Crippen molar-refractivity contribution in [3.8, 4) is 5.75 Å². The molecule has 0 radical (unpaired) electrons. The van der Waals surface area contributed by atoms with Crippen LogP contribution in [-0.2, 0) is 11.4 Å². The molecule has 0 aliphatic heterocycles. The summed E-state index contributed by atoms with van der Waals surface area (Å²) in [6.45, 7) is 0.481. The topological polar surface area (TPSA) is 94.4 Å². The zero-order chi connectivity index (χ0) is 21.6. The van der Waals surface area contributed by atoms with Gasteiger partial charge in [0.15, 0.2) is 4.34 Å². The van der Waals surface area contributed by atoms with E-state index in [9.17, 15) is 14.9 Å². The number of thiazole rings is 1. The van der Waals surface area contributed by atoms with Gasteiger partial charge in [-0.3, -0.25) is 14.9 Å². The maximum Gasteiger partial charge on any atom is 0.270 e. The monoisotopic (exact) mass is 451 g/mol. The van der Waals surface area contributed by atoms with E-state index < -0.39 is 4.92 Å². The number of nitro benzene ring substituents is 1. The number of anilines is 1. The van der Waals surface area contributed by atoms with Gasteiger partial charge in [0.25, 0.3) is 5.69 Å². The second-order valence-corrected chi connectivity index (χ2v) is 8.78. The van der Waals surface area contributed by atoms with Gasteiger partial charge in [0, 0.05) is 17.8 Å². The fourth-order valence-corrected chi connectivity index (χ4v) is 4.67. The Balaban J connectivity index is 1.28. The fourth-order valence-electron chi connectivity index (χ4n) is 2.77. The molecule has 0 saturated heterocycles. The summed E-state index contributed by atoms with van der Waals surface area (Å²) in [4.78, 5) is 27.1. The normalized spacial score (nSPS) is 10.7. The second-order valence-electron chi connectivity index (χ2n) is 6.52. The third-order valence-electron chi connectivity index (χ3n) is 4.28. The Morgan fingerprint density at radius 2 is 1.87 bits per heavy atom. The number of hydrogen-bond acceptors (Lipinski definition) is 7. The van der Waals surface area contributed by atoms with Gasteiger partial charge in [-0.1, -0.05) is 42.1 Å². The average molecular weight is 452 g/mol. The molecule has 0 bridgehead atoms. The number of aromatic nitrogens is 1. The number of carbonyl (C=O) groups is 1. The van der Waals surface area contributed by atoms with Gasteiger partial charge in [-0.15, -0.1) is 11.3 Å². The fraction of sp³-hybridized carbons (Fsp3) is 0.0909. The summed E-state index contributed by atoms with van der Waals surface area (Å²) in [6, 6.07) is 21.6. The maximum atomic E-state index is 12.3. The minimum Gasteiger partial charge on any atom is -0.489 e. The molecule has 0 fully saturated rings. The number of carbonyl (C=O) groups excluding carboxylic acids is 1. The number of rotatable bonds is 8. The van der Waals surface area contributed by atoms with Gasteiger partial charge < -0.3 is 10.1 Å². The molecule has 156 valence electrons. The zero-order valence-corrected chi connectivity index (χ0v) is 17.8. The van der Waals surface area contributed by atoms with Crippen molar-refractivity contribution < 1.29 is 14.5 Å². The van der Waals surface area contributed by atoms with Crippen LogP contribution in [0.3, 0.4) is 0 Å². The van der Waals surface area contributed by atoms with Gasteiger partial charge >= 0.3 is 0 Å². The number of nitro groups is 1. The van der Waals surface area contributed by atoms with Crippen LogP contribution in [0.1, 0.15) is 5.56 Å². The van der Waals surface area contributed by atoms with Crippen LogP contribution in [0, 0.1) is 10.1 Å². The standard InChI is InChI=1S/C22H17N3O4S2/c26-21(14-30-22-24-19-11-8-17(25(27)28)12-20(19)31-22)23-16-6-9-18(10-7-16)29-13-15-4-2-1-3-5-15/h1-12H,13-14H2,(H,23,26). The quantitative estimate of drug-likeness (QED) is 0.215. The molecule has 0 spiro atoms. The molecule has 1 heterocycles. The Hall–Kier alpha value is -3.43. The third kappa shape index (κ3) is 5.59. The van der Waals surface area contributed by atoms with Crippen molar-refractivity contribution in [2.45, 2.75) is 10.9 Å². The molecule has 3 aromatic carbocycles. The van der Waals surface area contributed by atoms with Gasteiger partial charge in [-0.2, -0.15) is 0 Å². The van der Waals surface area contributed by atoms with E-state index in [0.29, 0.717) is 22.2 Å². The number of amides is 1. The van der Waals surface area contributed by atoms with Gasteiger partial charge in [-0.05, 0) is 35.9 Å². The van der Waals surface area contributed by atoms with Gasteiger partial charge in [0.1, 0.15) is 12.4 Å².